The van der Waals surface area contributed by atoms with Crippen LogP contribution in [-0.2, 0) is 10.2 Å². The van der Waals surface area contributed by atoms with Gasteiger partial charge in [0.25, 0.3) is 0 Å². The summed E-state index contributed by atoms with van der Waals surface area (Å²) in [7, 11) is 0. The van der Waals surface area contributed by atoms with Crippen molar-refractivity contribution in [3.8, 4) is 41.4 Å². The topological polar surface area (TPSA) is 52.9 Å². The molecule has 0 heterocycles. The van der Waals surface area contributed by atoms with Crippen molar-refractivity contribution in [1.29, 1.82) is 5.26 Å². The molecule has 0 aromatic heterocycles. The average molecular weight is 533 g/mol. The Labute approximate surface area is 244 Å². The molecule has 0 unspecified atom stereocenters. The highest BCUT2D eigenvalue weighted by molar-refractivity contribution is 6.06. The van der Waals surface area contributed by atoms with E-state index < -0.39 is 0 Å². The number of carbonyl (C=O) groups is 1. The molecule has 2 radical (unpaired) electrons. The standard InChI is InChI=1S/C30H32N2O.C7H10.H2/c1-7-9-24-16-23(12-15-26(24)28-17-27(28)21(4)33)22-10-13-25(14-11-22)30(5,6)29(18-31)32-19-20(3)8-2;1-3-5-7-6-4-2;/h10-17,20,29,32H,3,8,19H2,1-2,4-6H3;1,4H,2,5-7H2;1H/t20-,29+;;/m0../s1. The number of hydrogen-bond acceptors (Lipinski definition) is 3. The first kappa shape index (κ1) is 32.4. The highest BCUT2D eigenvalue weighted by atomic mass is 16.1. The molecule has 2 atom stereocenters. The fourth-order valence-corrected chi connectivity index (χ4v) is 4.32. The van der Waals surface area contributed by atoms with E-state index in [0.717, 1.165) is 71.5 Å². The molecule has 0 saturated carbocycles. The predicted molar refractivity (Wildman–Crippen MR) is 170 cm³/mol. The first-order valence-electron chi connectivity index (χ1n) is 13.9. The maximum absolute atomic E-state index is 11.7. The Balaban J connectivity index is 0.000000933. The van der Waals surface area contributed by atoms with Gasteiger partial charge in [-0.2, -0.15) is 5.26 Å². The molecule has 0 bridgehead atoms. The van der Waals surface area contributed by atoms with E-state index in [1.54, 1.807) is 6.92 Å². The fourth-order valence-electron chi connectivity index (χ4n) is 4.32. The van der Waals surface area contributed by atoms with Crippen LogP contribution in [0.15, 0.2) is 66.8 Å². The Kier molecular flexibility index (Phi) is 12.7. The molecule has 3 nitrogen and oxygen atoms in total. The minimum absolute atomic E-state index is 0. The van der Waals surface area contributed by atoms with Gasteiger partial charge in [0.2, 0.25) is 0 Å². The van der Waals surface area contributed by atoms with Crippen LogP contribution in [0.1, 0.15) is 78.4 Å². The Hall–Kier alpha value is -3.84. The lowest BCUT2D eigenvalue weighted by molar-refractivity contribution is -0.113. The summed E-state index contributed by atoms with van der Waals surface area (Å²) >= 11 is 0. The third-order valence-corrected chi connectivity index (χ3v) is 7.17. The van der Waals surface area contributed by atoms with E-state index in [1.165, 1.54) is 0 Å². The van der Waals surface area contributed by atoms with Crippen molar-refractivity contribution in [1.82, 2.24) is 5.32 Å². The second-order valence-electron chi connectivity index (χ2n) is 10.6. The minimum atomic E-state index is -0.346. The molecule has 0 amide bonds. The number of ketones is 1. The lowest BCUT2D eigenvalue weighted by Crippen LogP contribution is -2.45. The van der Waals surface area contributed by atoms with Crippen LogP contribution in [0.2, 0.25) is 0 Å². The largest absolute Gasteiger partial charge is 0.301 e. The van der Waals surface area contributed by atoms with Crippen LogP contribution in [0.3, 0.4) is 0 Å². The van der Waals surface area contributed by atoms with Crippen molar-refractivity contribution in [2.45, 2.75) is 71.8 Å². The van der Waals surface area contributed by atoms with Crippen LogP contribution >= 0.6 is 0 Å². The molecule has 0 saturated heterocycles. The van der Waals surface area contributed by atoms with Crippen LogP contribution in [0.25, 0.3) is 11.1 Å². The third kappa shape index (κ3) is 8.85. The molecule has 3 rings (SSSR count). The number of unbranched alkanes of at least 4 members (excludes halogenated alkanes) is 2. The highest BCUT2D eigenvalue weighted by Gasteiger charge is 2.33. The molecule has 0 spiro atoms. The summed E-state index contributed by atoms with van der Waals surface area (Å²) in [6.07, 6.45) is 12.8. The van der Waals surface area contributed by atoms with Crippen molar-refractivity contribution >= 4 is 5.78 Å². The first-order valence-corrected chi connectivity index (χ1v) is 13.9. The van der Waals surface area contributed by atoms with E-state index in [2.05, 4.69) is 99.8 Å². The highest BCUT2D eigenvalue weighted by Crippen LogP contribution is 2.41. The molecule has 208 valence electrons. The molecular formula is C37H44N2O. The van der Waals surface area contributed by atoms with Gasteiger partial charge in [0.05, 0.1) is 12.0 Å². The molecule has 1 aliphatic carbocycles. The van der Waals surface area contributed by atoms with Gasteiger partial charge in [-0.15, -0.1) is 24.8 Å². The number of carbonyl (C=O) groups excluding carboxylic acids is 1. The summed E-state index contributed by atoms with van der Waals surface area (Å²) in [6, 6.07) is 16.8. The van der Waals surface area contributed by atoms with E-state index >= 15 is 0 Å². The normalized spacial score (nSPS) is 13.7. The summed E-state index contributed by atoms with van der Waals surface area (Å²) in [5, 5.41) is 13.2. The van der Waals surface area contributed by atoms with Crippen LogP contribution in [0.5, 0.6) is 0 Å². The van der Waals surface area contributed by atoms with Crippen LogP contribution < -0.4 is 5.32 Å². The maximum atomic E-state index is 11.7. The number of hydrogen-bond donors (Lipinski definition) is 1. The number of nitrogens with zero attached hydrogens (tertiary/aromatic N) is 1. The minimum Gasteiger partial charge on any atom is -0.301 e. The van der Waals surface area contributed by atoms with Gasteiger partial charge in [-0.25, -0.2) is 0 Å². The molecule has 0 fully saturated rings. The third-order valence-electron chi connectivity index (χ3n) is 7.17. The van der Waals surface area contributed by atoms with Gasteiger partial charge < -0.3 is 5.32 Å². The average Bonchev–Trinajstić information content (AvgIpc) is 3.75. The fraction of sp³-hybridized carbons (Fsp3) is 0.351. The zero-order valence-corrected chi connectivity index (χ0v) is 24.7. The number of allylic oxidation sites excluding steroid dienone is 3. The van der Waals surface area contributed by atoms with Gasteiger partial charge in [-0.3, -0.25) is 4.79 Å². The van der Waals surface area contributed by atoms with Crippen molar-refractivity contribution in [3.63, 3.8) is 0 Å². The summed E-state index contributed by atoms with van der Waals surface area (Å²) in [6.45, 7) is 18.1. The van der Waals surface area contributed by atoms with Gasteiger partial charge in [-0.1, -0.05) is 81.7 Å². The number of benzene rings is 2. The molecule has 2 aromatic carbocycles. The summed E-state index contributed by atoms with van der Waals surface area (Å²) < 4.78 is 0. The van der Waals surface area contributed by atoms with E-state index in [1.807, 2.05) is 25.1 Å². The van der Waals surface area contributed by atoms with Crippen molar-refractivity contribution < 1.29 is 6.22 Å². The lowest BCUT2D eigenvalue weighted by atomic mass is 9.77. The number of terminal acetylenes is 1. The van der Waals surface area contributed by atoms with Gasteiger partial charge in [0.15, 0.2) is 5.78 Å². The van der Waals surface area contributed by atoms with Crippen LogP contribution in [0.4, 0.5) is 0 Å². The Morgan fingerprint density at radius 2 is 1.88 bits per heavy atom. The van der Waals surface area contributed by atoms with E-state index in [0.29, 0.717) is 0 Å². The predicted octanol–water partition coefficient (Wildman–Crippen LogP) is 8.02. The molecule has 1 aliphatic rings. The Morgan fingerprint density at radius 1 is 1.20 bits per heavy atom. The van der Waals surface area contributed by atoms with E-state index in [-0.39, 0.29) is 24.6 Å². The van der Waals surface area contributed by atoms with Gasteiger partial charge in [0, 0.05) is 24.4 Å². The number of rotatable bonds is 12. The van der Waals surface area contributed by atoms with Crippen molar-refractivity contribution in [2.75, 3.05) is 6.54 Å². The zero-order chi connectivity index (χ0) is 29.7. The first-order chi connectivity index (χ1) is 19.1. The number of Topliss-reactive ketones (excluding diaryl/α,β-unsaturated/α-hetero) is 1. The second kappa shape index (κ2) is 15.7. The quantitative estimate of drug-likeness (QED) is 0.171. The molecule has 40 heavy (non-hydrogen) atoms. The summed E-state index contributed by atoms with van der Waals surface area (Å²) in [4.78, 5) is 11.7. The monoisotopic (exact) mass is 532 g/mol. The van der Waals surface area contributed by atoms with E-state index in [9.17, 15) is 10.1 Å². The van der Waals surface area contributed by atoms with Crippen LogP contribution in [-0.4, -0.2) is 18.4 Å². The van der Waals surface area contributed by atoms with E-state index in [4.69, 9.17) is 6.42 Å². The molecule has 2 aromatic rings. The number of nitriles is 1. The smallest absolute Gasteiger partial charge is 0.156 e. The maximum Gasteiger partial charge on any atom is 0.156 e. The van der Waals surface area contributed by atoms with Crippen molar-refractivity contribution in [2.24, 2.45) is 5.92 Å². The SMILES string of the molecule is C#CCCCC=C.[CH2][C@@H](CC)CN[C@H](C#N)C(C)(C)c1ccc(-c2ccc([C]3C=C3C(C)=O)c(C#CC)c2)cc1.[HH]. The van der Waals surface area contributed by atoms with Crippen LogP contribution in [0, 0.1) is 54.3 Å². The Bertz CT molecular complexity index is 1340. The summed E-state index contributed by atoms with van der Waals surface area (Å²) in [5.41, 5.74) is 5.65. The van der Waals surface area contributed by atoms with Gasteiger partial charge in [-0.05, 0) is 74.4 Å². The zero-order valence-electron chi connectivity index (χ0n) is 24.7. The Morgan fingerprint density at radius 3 is 2.40 bits per heavy atom. The van der Waals surface area contributed by atoms with Gasteiger partial charge >= 0.3 is 0 Å². The molecular weight excluding hydrogens is 488 g/mol. The molecule has 3 heteroatoms. The second-order valence-corrected chi connectivity index (χ2v) is 10.6. The summed E-state index contributed by atoms with van der Waals surface area (Å²) in [5.74, 6) is 10.1. The lowest BCUT2D eigenvalue weighted by Gasteiger charge is -2.32. The van der Waals surface area contributed by atoms with Gasteiger partial charge in [0.1, 0.15) is 6.04 Å². The molecule has 0 aliphatic heterocycles. The van der Waals surface area contributed by atoms with Crippen molar-refractivity contribution in [3.05, 3.63) is 96.3 Å². The number of nitrogens with one attached hydrogen (secondary N) is 1. The molecule has 1 N–H and O–H groups in total.